The van der Waals surface area contributed by atoms with E-state index in [0.29, 0.717) is 0 Å². The van der Waals surface area contributed by atoms with Crippen molar-refractivity contribution in [3.8, 4) is 0 Å². The van der Waals surface area contributed by atoms with E-state index in [9.17, 15) is 0 Å². The van der Waals surface area contributed by atoms with E-state index in [2.05, 4.69) is 30.3 Å². The third-order valence-electron chi connectivity index (χ3n) is 4.80. The standard InChI is InChI=1S/C23H39O/c1-24-22-18-13-11-9-7-5-3-2-4-6-8-10-12-15-19-23-20-16-14-17-21-23/h14,16-17,20-22H,2-13,15,18-19H2,1H3. The lowest BCUT2D eigenvalue weighted by Gasteiger charge is -2.04. The fourth-order valence-corrected chi connectivity index (χ4v) is 3.26. The highest BCUT2D eigenvalue weighted by molar-refractivity contribution is 5.14. The summed E-state index contributed by atoms with van der Waals surface area (Å²) in [5.41, 5.74) is 1.49. The Labute approximate surface area is 151 Å². The van der Waals surface area contributed by atoms with Gasteiger partial charge in [0.25, 0.3) is 0 Å². The molecule has 1 heteroatoms. The molecule has 0 aliphatic rings. The minimum atomic E-state index is 1.11. The topological polar surface area (TPSA) is 9.23 Å². The van der Waals surface area contributed by atoms with Crippen LogP contribution >= 0.6 is 0 Å². The average molecular weight is 332 g/mol. The van der Waals surface area contributed by atoms with Gasteiger partial charge in [-0.25, -0.2) is 0 Å². The molecule has 0 aromatic heterocycles. The highest BCUT2D eigenvalue weighted by atomic mass is 16.5. The van der Waals surface area contributed by atoms with E-state index in [-0.39, 0.29) is 0 Å². The van der Waals surface area contributed by atoms with Crippen LogP contribution < -0.4 is 0 Å². The predicted molar refractivity (Wildman–Crippen MR) is 106 cm³/mol. The molecule has 1 rings (SSSR count). The maximum atomic E-state index is 4.95. The molecule has 0 spiro atoms. The van der Waals surface area contributed by atoms with Gasteiger partial charge in [0.2, 0.25) is 0 Å². The zero-order chi connectivity index (χ0) is 17.1. The summed E-state index contributed by atoms with van der Waals surface area (Å²) in [6.07, 6.45) is 20.7. The molecule has 0 fully saturated rings. The third kappa shape index (κ3) is 13.6. The number of hydrogen-bond donors (Lipinski definition) is 0. The molecule has 0 saturated carbocycles. The fraction of sp³-hybridized carbons (Fsp3) is 0.696. The Bertz CT molecular complexity index is 346. The molecular formula is C23H39O. The van der Waals surface area contributed by atoms with Gasteiger partial charge >= 0.3 is 0 Å². The minimum absolute atomic E-state index is 1.11. The smallest absolute Gasteiger partial charge is 0.0832 e. The van der Waals surface area contributed by atoms with Crippen LogP contribution in [0.3, 0.4) is 0 Å². The summed E-state index contributed by atoms with van der Waals surface area (Å²) in [5, 5.41) is 0. The van der Waals surface area contributed by atoms with Crippen molar-refractivity contribution in [3.63, 3.8) is 0 Å². The van der Waals surface area contributed by atoms with Gasteiger partial charge in [0.15, 0.2) is 0 Å². The second kappa shape index (κ2) is 17.0. The Kier molecular flexibility index (Phi) is 15.0. The lowest BCUT2D eigenvalue weighted by Crippen LogP contribution is -1.86. The molecule has 137 valence electrons. The zero-order valence-electron chi connectivity index (χ0n) is 16.0. The molecule has 0 bridgehead atoms. The molecule has 0 unspecified atom stereocenters. The highest BCUT2D eigenvalue weighted by Gasteiger charge is 1.95. The van der Waals surface area contributed by atoms with E-state index in [1.807, 2.05) is 6.61 Å². The Morgan fingerprint density at radius 3 is 1.58 bits per heavy atom. The number of rotatable bonds is 17. The van der Waals surface area contributed by atoms with Crippen LogP contribution in [0.4, 0.5) is 0 Å². The van der Waals surface area contributed by atoms with Gasteiger partial charge in [-0.15, -0.1) is 0 Å². The average Bonchev–Trinajstić information content (AvgIpc) is 2.62. The Balaban J connectivity index is 1.70. The largest absolute Gasteiger partial charge is 0.379 e. The van der Waals surface area contributed by atoms with E-state index in [1.165, 1.54) is 95.5 Å². The molecule has 0 N–H and O–H groups in total. The molecule has 0 saturated heterocycles. The number of aryl methyl sites for hydroxylation is 1. The summed E-state index contributed by atoms with van der Waals surface area (Å²) in [5.74, 6) is 0. The maximum Gasteiger partial charge on any atom is 0.0832 e. The van der Waals surface area contributed by atoms with Crippen molar-refractivity contribution in [2.75, 3.05) is 7.11 Å². The SMILES string of the molecule is CO[CH]CCCCCCCCCCCCCCCc1ccccc1. The van der Waals surface area contributed by atoms with Gasteiger partial charge in [-0.3, -0.25) is 0 Å². The highest BCUT2D eigenvalue weighted by Crippen LogP contribution is 2.14. The first-order chi connectivity index (χ1) is 11.9. The van der Waals surface area contributed by atoms with Crippen LogP contribution in [0.2, 0.25) is 0 Å². The lowest BCUT2D eigenvalue weighted by atomic mass is 10.0. The summed E-state index contributed by atoms with van der Waals surface area (Å²) in [4.78, 5) is 0. The molecular weight excluding hydrogens is 292 g/mol. The maximum absolute atomic E-state index is 4.95. The van der Waals surface area contributed by atoms with E-state index in [4.69, 9.17) is 4.74 Å². The van der Waals surface area contributed by atoms with Gasteiger partial charge in [-0.05, 0) is 24.8 Å². The minimum Gasteiger partial charge on any atom is -0.379 e. The molecule has 0 heterocycles. The molecule has 0 aliphatic heterocycles. The molecule has 1 aromatic rings. The van der Waals surface area contributed by atoms with Gasteiger partial charge in [0, 0.05) is 7.11 Å². The van der Waals surface area contributed by atoms with Crippen LogP contribution in [0.25, 0.3) is 0 Å². The number of ether oxygens (including phenoxy) is 1. The van der Waals surface area contributed by atoms with Gasteiger partial charge in [0.05, 0.1) is 6.61 Å². The molecule has 0 atom stereocenters. The van der Waals surface area contributed by atoms with Crippen molar-refractivity contribution in [3.05, 3.63) is 42.5 Å². The van der Waals surface area contributed by atoms with Crippen LogP contribution in [-0.4, -0.2) is 7.11 Å². The second-order valence-corrected chi connectivity index (χ2v) is 7.02. The molecule has 1 radical (unpaired) electrons. The number of methoxy groups -OCH3 is 1. The molecule has 0 amide bonds. The first-order valence-corrected chi connectivity index (χ1v) is 10.3. The monoisotopic (exact) mass is 331 g/mol. The van der Waals surface area contributed by atoms with Crippen LogP contribution in [-0.2, 0) is 11.2 Å². The number of hydrogen-bond acceptors (Lipinski definition) is 1. The van der Waals surface area contributed by atoms with Gasteiger partial charge in [-0.1, -0.05) is 107 Å². The normalized spacial score (nSPS) is 11.0. The predicted octanol–water partition coefficient (Wildman–Crippen LogP) is 7.50. The number of benzene rings is 1. The Morgan fingerprint density at radius 1 is 0.625 bits per heavy atom. The quantitative estimate of drug-likeness (QED) is 0.268. The fourth-order valence-electron chi connectivity index (χ4n) is 3.26. The summed E-state index contributed by atoms with van der Waals surface area (Å²) in [6.45, 7) is 1.92. The first kappa shape index (κ1) is 21.2. The van der Waals surface area contributed by atoms with Crippen LogP contribution in [0, 0.1) is 6.61 Å². The van der Waals surface area contributed by atoms with E-state index >= 15 is 0 Å². The van der Waals surface area contributed by atoms with Gasteiger partial charge < -0.3 is 4.74 Å². The van der Waals surface area contributed by atoms with E-state index in [0.717, 1.165) is 6.42 Å². The summed E-state index contributed by atoms with van der Waals surface area (Å²) in [7, 11) is 1.74. The molecule has 0 aliphatic carbocycles. The Morgan fingerprint density at radius 2 is 1.08 bits per heavy atom. The van der Waals surface area contributed by atoms with Crippen molar-refractivity contribution in [1.29, 1.82) is 0 Å². The summed E-state index contributed by atoms with van der Waals surface area (Å²) < 4.78 is 4.95. The van der Waals surface area contributed by atoms with E-state index < -0.39 is 0 Å². The second-order valence-electron chi connectivity index (χ2n) is 7.02. The van der Waals surface area contributed by atoms with Gasteiger partial charge in [-0.2, -0.15) is 0 Å². The third-order valence-corrected chi connectivity index (χ3v) is 4.80. The van der Waals surface area contributed by atoms with Crippen molar-refractivity contribution >= 4 is 0 Å². The number of unbranched alkanes of at least 4 members (excludes halogenated alkanes) is 13. The first-order valence-electron chi connectivity index (χ1n) is 10.3. The van der Waals surface area contributed by atoms with Gasteiger partial charge in [0.1, 0.15) is 0 Å². The lowest BCUT2D eigenvalue weighted by molar-refractivity contribution is 0.262. The van der Waals surface area contributed by atoms with Crippen molar-refractivity contribution in [2.24, 2.45) is 0 Å². The van der Waals surface area contributed by atoms with E-state index in [1.54, 1.807) is 7.11 Å². The summed E-state index contributed by atoms with van der Waals surface area (Å²) in [6, 6.07) is 10.9. The van der Waals surface area contributed by atoms with Crippen molar-refractivity contribution < 1.29 is 4.74 Å². The summed E-state index contributed by atoms with van der Waals surface area (Å²) >= 11 is 0. The zero-order valence-corrected chi connectivity index (χ0v) is 16.0. The van der Waals surface area contributed by atoms with Crippen LogP contribution in [0.15, 0.2) is 30.3 Å². The van der Waals surface area contributed by atoms with Crippen LogP contribution in [0.1, 0.15) is 95.5 Å². The molecule has 1 nitrogen and oxygen atoms in total. The van der Waals surface area contributed by atoms with Crippen LogP contribution in [0.5, 0.6) is 0 Å². The molecule has 24 heavy (non-hydrogen) atoms. The van der Waals surface area contributed by atoms with Crippen molar-refractivity contribution in [1.82, 2.24) is 0 Å². The molecule has 1 aromatic carbocycles. The van der Waals surface area contributed by atoms with Crippen molar-refractivity contribution in [2.45, 2.75) is 96.3 Å². The Hall–Kier alpha value is -0.820.